The van der Waals surface area contributed by atoms with E-state index in [-0.39, 0.29) is 35.3 Å². The number of carbonyl (C=O) groups excluding carboxylic acids is 1. The van der Waals surface area contributed by atoms with Crippen LogP contribution in [0.4, 0.5) is 13.2 Å². The summed E-state index contributed by atoms with van der Waals surface area (Å²) in [7, 11) is 0. The maximum Gasteiger partial charge on any atom is 0.185 e. The third kappa shape index (κ3) is 4.98. The largest absolute Gasteiger partial charge is 0.328 e. The first-order chi connectivity index (χ1) is 15.6. The van der Waals surface area contributed by atoms with Crippen molar-refractivity contribution in [2.24, 2.45) is 11.1 Å². The van der Waals surface area contributed by atoms with Crippen LogP contribution in [0.25, 0.3) is 11.3 Å². The minimum atomic E-state index is -0.947. The van der Waals surface area contributed by atoms with Gasteiger partial charge in [0.2, 0.25) is 0 Å². The molecule has 2 N–H and O–H groups in total. The topological polar surface area (TPSA) is 68.9 Å². The molecule has 1 aromatic carbocycles. The molecular formula is C26H26F3N3O. The molecular weight excluding hydrogens is 427 g/mol. The summed E-state index contributed by atoms with van der Waals surface area (Å²) in [5.74, 6) is -3.00. The summed E-state index contributed by atoms with van der Waals surface area (Å²) in [4.78, 5) is 21.3. The van der Waals surface area contributed by atoms with Gasteiger partial charge in [0, 0.05) is 24.9 Å². The van der Waals surface area contributed by atoms with Crippen molar-refractivity contribution in [3.05, 3.63) is 83.1 Å². The Hall–Kier alpha value is -3.06. The second-order valence-corrected chi connectivity index (χ2v) is 9.56. The molecule has 2 heterocycles. The van der Waals surface area contributed by atoms with E-state index in [0.717, 1.165) is 48.6 Å². The molecule has 0 unspecified atom stereocenters. The Morgan fingerprint density at radius 1 is 1.06 bits per heavy atom. The van der Waals surface area contributed by atoms with E-state index >= 15 is 0 Å². The molecule has 0 spiro atoms. The van der Waals surface area contributed by atoms with E-state index in [1.54, 1.807) is 12.4 Å². The van der Waals surface area contributed by atoms with E-state index in [4.69, 9.17) is 5.73 Å². The normalized spacial score (nSPS) is 19.9. The van der Waals surface area contributed by atoms with Crippen LogP contribution >= 0.6 is 0 Å². The van der Waals surface area contributed by atoms with Crippen molar-refractivity contribution in [3.8, 4) is 11.3 Å². The van der Waals surface area contributed by atoms with Crippen molar-refractivity contribution in [3.63, 3.8) is 0 Å². The van der Waals surface area contributed by atoms with Crippen molar-refractivity contribution in [2.75, 3.05) is 0 Å². The monoisotopic (exact) mass is 453 g/mol. The van der Waals surface area contributed by atoms with Gasteiger partial charge in [0.15, 0.2) is 5.78 Å². The van der Waals surface area contributed by atoms with Gasteiger partial charge in [-0.3, -0.25) is 9.78 Å². The first-order valence-corrected chi connectivity index (χ1v) is 11.0. The number of Topliss-reactive ketones (excluding diaryl/α,β-unsaturated/α-hetero) is 1. The summed E-state index contributed by atoms with van der Waals surface area (Å²) in [6.07, 6.45) is 6.05. The number of halogens is 3. The third-order valence-electron chi connectivity index (χ3n) is 6.26. The molecule has 0 amide bonds. The highest BCUT2D eigenvalue weighted by Crippen LogP contribution is 2.43. The van der Waals surface area contributed by atoms with Gasteiger partial charge in [0.25, 0.3) is 0 Å². The molecule has 33 heavy (non-hydrogen) atoms. The molecule has 2 atom stereocenters. The van der Waals surface area contributed by atoms with E-state index in [2.05, 4.69) is 23.8 Å². The fraction of sp³-hybridized carbons (Fsp3) is 0.346. The Labute approximate surface area is 191 Å². The summed E-state index contributed by atoms with van der Waals surface area (Å²) < 4.78 is 42.8. The molecule has 0 bridgehead atoms. The number of pyridine rings is 2. The molecule has 0 radical (unpaired) electrons. The zero-order chi connectivity index (χ0) is 23.8. The van der Waals surface area contributed by atoms with Crippen LogP contribution in [0, 0.1) is 22.9 Å². The highest BCUT2D eigenvalue weighted by Gasteiger charge is 2.34. The van der Waals surface area contributed by atoms with Crippen LogP contribution in [0.2, 0.25) is 0 Å². The quantitative estimate of drug-likeness (QED) is 0.510. The number of nitrogens with two attached hydrogens (primary N) is 1. The van der Waals surface area contributed by atoms with Crippen LogP contribution in [-0.2, 0) is 6.42 Å². The van der Waals surface area contributed by atoms with Gasteiger partial charge in [0.1, 0.15) is 28.8 Å². The predicted octanol–water partition coefficient (Wildman–Crippen LogP) is 5.61. The Balaban J connectivity index is 1.64. The maximum atomic E-state index is 14.4. The van der Waals surface area contributed by atoms with E-state index in [0.29, 0.717) is 0 Å². The molecule has 2 aromatic heterocycles. The molecule has 4 rings (SSSR count). The summed E-state index contributed by atoms with van der Waals surface area (Å²) in [5, 5.41) is 0. The fourth-order valence-corrected chi connectivity index (χ4v) is 4.97. The van der Waals surface area contributed by atoms with Crippen molar-refractivity contribution < 1.29 is 18.0 Å². The van der Waals surface area contributed by atoms with Gasteiger partial charge in [-0.2, -0.15) is 0 Å². The predicted molar refractivity (Wildman–Crippen MR) is 120 cm³/mol. The van der Waals surface area contributed by atoms with Gasteiger partial charge < -0.3 is 5.73 Å². The average Bonchev–Trinajstić information content (AvgIpc) is 2.73. The Morgan fingerprint density at radius 2 is 1.79 bits per heavy atom. The number of ketones is 1. The molecule has 1 fully saturated rings. The van der Waals surface area contributed by atoms with Crippen LogP contribution in [0.1, 0.15) is 60.6 Å². The molecule has 0 aliphatic heterocycles. The van der Waals surface area contributed by atoms with Gasteiger partial charge in [-0.05, 0) is 72.1 Å². The van der Waals surface area contributed by atoms with E-state index in [1.165, 1.54) is 12.1 Å². The first-order valence-electron chi connectivity index (χ1n) is 11.0. The van der Waals surface area contributed by atoms with Crippen LogP contribution in [0.5, 0.6) is 0 Å². The highest BCUT2D eigenvalue weighted by atomic mass is 19.1. The number of benzene rings is 1. The molecule has 1 aliphatic rings. The van der Waals surface area contributed by atoms with Crippen LogP contribution in [-0.4, -0.2) is 21.8 Å². The number of rotatable bonds is 5. The molecule has 0 saturated heterocycles. The number of hydrogen-bond acceptors (Lipinski definition) is 4. The maximum absolute atomic E-state index is 14.4. The van der Waals surface area contributed by atoms with Crippen molar-refractivity contribution in [1.82, 2.24) is 9.97 Å². The lowest BCUT2D eigenvalue weighted by molar-refractivity contribution is 0.0987. The standard InChI is InChI=1S/C26H26F3N3O/c1-26(2)12-15(10-17(30)13-26)18-8-9-31-14-16(18)11-23(33)22-7-6-21(29)25(32-22)24-19(27)4-3-5-20(24)28/h3-9,14-15,17H,10-13,30H2,1-2H3/t15-,17+/m0/s1. The molecule has 3 aromatic rings. The van der Waals surface area contributed by atoms with Crippen LogP contribution in [0.15, 0.2) is 48.8 Å². The van der Waals surface area contributed by atoms with E-state index in [9.17, 15) is 18.0 Å². The number of hydrogen-bond donors (Lipinski definition) is 1. The van der Waals surface area contributed by atoms with Crippen LogP contribution in [0.3, 0.4) is 0 Å². The summed E-state index contributed by atoms with van der Waals surface area (Å²) in [5.41, 5.74) is 6.98. The number of nitrogens with zero attached hydrogens (tertiary/aromatic N) is 2. The van der Waals surface area contributed by atoms with Crippen molar-refractivity contribution in [2.45, 2.75) is 51.5 Å². The second kappa shape index (κ2) is 9.06. The van der Waals surface area contributed by atoms with Crippen LogP contribution < -0.4 is 5.73 Å². The lowest BCUT2D eigenvalue weighted by atomic mass is 9.68. The summed E-state index contributed by atoms with van der Waals surface area (Å²) in [6, 6.07) is 7.46. The van der Waals surface area contributed by atoms with Gasteiger partial charge >= 0.3 is 0 Å². The lowest BCUT2D eigenvalue weighted by Gasteiger charge is -2.39. The van der Waals surface area contributed by atoms with Gasteiger partial charge in [0.05, 0.1) is 5.56 Å². The number of carbonyl (C=O) groups is 1. The molecule has 7 heteroatoms. The first kappa shape index (κ1) is 23.1. The SMILES string of the molecule is CC1(C)C[C@H](N)C[C@H](c2ccncc2CC(=O)c2ccc(F)c(-c3c(F)cccc3F)n2)C1. The average molecular weight is 454 g/mol. The molecule has 4 nitrogen and oxygen atoms in total. The Bertz CT molecular complexity index is 1170. The van der Waals surface area contributed by atoms with Gasteiger partial charge in [-0.1, -0.05) is 19.9 Å². The fourth-order valence-electron chi connectivity index (χ4n) is 4.97. The smallest absolute Gasteiger partial charge is 0.185 e. The second-order valence-electron chi connectivity index (χ2n) is 9.56. The van der Waals surface area contributed by atoms with Gasteiger partial charge in [-0.25, -0.2) is 18.2 Å². The minimum absolute atomic E-state index is 0.00678. The van der Waals surface area contributed by atoms with E-state index in [1.807, 2.05) is 6.07 Å². The molecule has 1 saturated carbocycles. The van der Waals surface area contributed by atoms with Crippen molar-refractivity contribution in [1.29, 1.82) is 0 Å². The lowest BCUT2D eigenvalue weighted by Crippen LogP contribution is -2.36. The summed E-state index contributed by atoms with van der Waals surface area (Å²) >= 11 is 0. The minimum Gasteiger partial charge on any atom is -0.328 e. The Kier molecular flexibility index (Phi) is 6.34. The summed E-state index contributed by atoms with van der Waals surface area (Å²) in [6.45, 7) is 4.38. The zero-order valence-corrected chi connectivity index (χ0v) is 18.6. The van der Waals surface area contributed by atoms with Crippen molar-refractivity contribution >= 4 is 5.78 Å². The number of aromatic nitrogens is 2. The van der Waals surface area contributed by atoms with Gasteiger partial charge in [-0.15, -0.1) is 0 Å². The van der Waals surface area contributed by atoms with E-state index < -0.39 is 28.7 Å². The third-order valence-corrected chi connectivity index (χ3v) is 6.26. The molecule has 172 valence electrons. The highest BCUT2D eigenvalue weighted by molar-refractivity contribution is 5.96. The Morgan fingerprint density at radius 3 is 2.48 bits per heavy atom. The zero-order valence-electron chi connectivity index (χ0n) is 18.6. The molecule has 1 aliphatic carbocycles.